The molecule has 0 aliphatic heterocycles. The van der Waals surface area contributed by atoms with Gasteiger partial charge in [-0.3, -0.25) is 0 Å². The Morgan fingerprint density at radius 3 is 1.61 bits per heavy atom. The van der Waals surface area contributed by atoms with E-state index >= 15 is 0 Å². The molecule has 0 aromatic carbocycles. The molecule has 93 valence electrons. The van der Waals surface area contributed by atoms with Crippen molar-refractivity contribution in [1.82, 2.24) is 19.9 Å². The third-order valence-electron chi connectivity index (χ3n) is 1.93. The van der Waals surface area contributed by atoms with Gasteiger partial charge in [0.25, 0.3) is 0 Å². The first-order chi connectivity index (χ1) is 7.97. The van der Waals surface area contributed by atoms with Crippen LogP contribution in [0, 0.1) is 40.8 Å². The Morgan fingerprint density at radius 2 is 1.28 bits per heavy atom. The quantitative estimate of drug-likeness (QED) is 0.700. The average Bonchev–Trinajstić information content (AvgIpc) is 2.15. The zero-order chi connectivity index (χ0) is 12.8. The monoisotopic (exact) mass is 318 g/mol. The van der Waals surface area contributed by atoms with Crippen molar-refractivity contribution in [2.45, 2.75) is 34.6 Å². The summed E-state index contributed by atoms with van der Waals surface area (Å²) in [4.78, 5) is 16.1. The zero-order valence-corrected chi connectivity index (χ0v) is 14.4. The van der Waals surface area contributed by atoms with Crippen LogP contribution in [-0.2, 0) is 32.7 Å². The van der Waals surface area contributed by atoms with E-state index in [1.54, 1.807) is 6.07 Å². The van der Waals surface area contributed by atoms with Gasteiger partial charge in [0.05, 0.1) is 0 Å². The van der Waals surface area contributed by atoms with E-state index in [0.29, 0.717) is 0 Å². The van der Waals surface area contributed by atoms with Crippen LogP contribution in [0.4, 0.5) is 0 Å². The van der Waals surface area contributed by atoms with Crippen LogP contribution in [0.3, 0.4) is 0 Å². The summed E-state index contributed by atoms with van der Waals surface area (Å²) < 4.78 is 0. The van der Waals surface area contributed by atoms with E-state index in [1.807, 2.05) is 40.7 Å². The number of rotatable bonds is 0. The first-order valence-corrected chi connectivity index (χ1v) is 5.44. The van der Waals surface area contributed by atoms with Gasteiger partial charge >= 0.3 is 0 Å². The Hall–Kier alpha value is -0.736. The fraction of sp³-hybridized carbons (Fsp3) is 0.385. The predicted molar refractivity (Wildman–Crippen MR) is 66.6 cm³/mol. The van der Waals surface area contributed by atoms with Crippen molar-refractivity contribution < 1.29 is 32.7 Å². The number of hydrogen-bond acceptors (Lipinski definition) is 4. The number of aromatic nitrogens is 4. The molecule has 0 aliphatic rings. The normalized spacial score (nSPS) is 8.94. The van der Waals surface area contributed by atoms with Crippen molar-refractivity contribution in [2.75, 3.05) is 0 Å². The summed E-state index contributed by atoms with van der Waals surface area (Å²) in [6.07, 6.45) is 2.72. The molecule has 0 saturated carbocycles. The molecule has 2 aromatic rings. The number of aryl methyl sites for hydroxylation is 5. The molecule has 2 rings (SSSR count). The Morgan fingerprint density at radius 1 is 0.778 bits per heavy atom. The van der Waals surface area contributed by atoms with Crippen molar-refractivity contribution in [3.05, 3.63) is 47.1 Å². The van der Waals surface area contributed by atoms with Crippen molar-refractivity contribution in [1.29, 1.82) is 0 Å². The molecule has 0 aliphatic carbocycles. The fourth-order valence-electron chi connectivity index (χ4n) is 1.43. The van der Waals surface area contributed by atoms with Gasteiger partial charge in [0, 0.05) is 49.9 Å². The van der Waals surface area contributed by atoms with Crippen molar-refractivity contribution >= 4 is 0 Å². The maximum absolute atomic E-state index is 4.12. The smallest absolute Gasteiger partial charge is 0.125 e. The van der Waals surface area contributed by atoms with Crippen molar-refractivity contribution in [2.24, 2.45) is 0 Å². The summed E-state index contributed by atoms with van der Waals surface area (Å²) in [6, 6.07) is 3.72. The Balaban J connectivity index is 0.000000306. The molecule has 0 N–H and O–H groups in total. The van der Waals surface area contributed by atoms with Gasteiger partial charge in [-0.1, -0.05) is 25.7 Å². The second-order valence-electron chi connectivity index (χ2n) is 3.88. The molecule has 4 nitrogen and oxygen atoms in total. The third-order valence-corrected chi connectivity index (χ3v) is 1.93. The van der Waals surface area contributed by atoms with E-state index < -0.39 is 0 Å². The maximum atomic E-state index is 4.12. The minimum absolute atomic E-state index is 0. The van der Waals surface area contributed by atoms with E-state index in [4.69, 9.17) is 0 Å². The summed E-state index contributed by atoms with van der Waals surface area (Å²) in [5.41, 5.74) is 3.05. The van der Waals surface area contributed by atoms with Gasteiger partial charge < -0.3 is 9.97 Å². The van der Waals surface area contributed by atoms with Crippen LogP contribution in [0.1, 0.15) is 28.7 Å². The fourth-order valence-corrected chi connectivity index (χ4v) is 1.43. The van der Waals surface area contributed by atoms with Crippen LogP contribution >= 0.6 is 0 Å². The van der Waals surface area contributed by atoms with E-state index in [9.17, 15) is 0 Å². The molecule has 0 fully saturated rings. The van der Waals surface area contributed by atoms with Crippen LogP contribution in [0.5, 0.6) is 0 Å². The summed E-state index contributed by atoms with van der Waals surface area (Å²) in [7, 11) is 0. The Bertz CT molecular complexity index is 432. The predicted octanol–water partition coefficient (Wildman–Crippen LogP) is 2.29. The van der Waals surface area contributed by atoms with Gasteiger partial charge in [0.1, 0.15) is 5.82 Å². The standard InChI is InChI=1S/C7H10N2.C6H7N2.Y/c1-5-4-6(2)9-7(3)8-5;1-5-3-4-7-6(2)8-5;/h4H,1-3H3;3H,1-2H3;/q;-1;. The molecule has 0 spiro atoms. The van der Waals surface area contributed by atoms with Crippen molar-refractivity contribution in [3.63, 3.8) is 0 Å². The van der Waals surface area contributed by atoms with E-state index in [-0.39, 0.29) is 32.7 Å². The average molecular weight is 318 g/mol. The molecule has 1 radical (unpaired) electrons. The first-order valence-electron chi connectivity index (χ1n) is 5.44. The van der Waals surface area contributed by atoms with Gasteiger partial charge in [-0.2, -0.15) is 0 Å². The first kappa shape index (κ1) is 17.3. The van der Waals surface area contributed by atoms with Gasteiger partial charge in [0.15, 0.2) is 0 Å². The third kappa shape index (κ3) is 6.87. The van der Waals surface area contributed by atoms with Gasteiger partial charge in [-0.15, -0.1) is 6.07 Å². The number of hydrogen-bond donors (Lipinski definition) is 0. The van der Waals surface area contributed by atoms with Crippen LogP contribution < -0.4 is 0 Å². The molecule has 0 unspecified atom stereocenters. The van der Waals surface area contributed by atoms with Gasteiger partial charge in [0.2, 0.25) is 0 Å². The minimum Gasteiger partial charge on any atom is -0.373 e. The molecule has 18 heavy (non-hydrogen) atoms. The molecular formula is C13H17N4Y-. The molecule has 0 bridgehead atoms. The zero-order valence-electron chi connectivity index (χ0n) is 11.5. The summed E-state index contributed by atoms with van der Waals surface area (Å²) >= 11 is 0. The second kappa shape index (κ2) is 8.38. The topological polar surface area (TPSA) is 51.6 Å². The molecule has 2 heterocycles. The number of nitrogens with zero attached hydrogens (tertiary/aromatic N) is 4. The molecule has 0 saturated heterocycles. The summed E-state index contributed by atoms with van der Waals surface area (Å²) in [5, 5.41) is 0. The molecule has 2 aromatic heterocycles. The largest absolute Gasteiger partial charge is 0.373 e. The molecule has 0 atom stereocenters. The second-order valence-corrected chi connectivity index (χ2v) is 3.88. The molecule has 0 amide bonds. The summed E-state index contributed by atoms with van der Waals surface area (Å²) in [5.74, 6) is 1.64. The minimum atomic E-state index is 0. The van der Waals surface area contributed by atoms with E-state index in [2.05, 4.69) is 26.1 Å². The molecular weight excluding hydrogens is 301 g/mol. The van der Waals surface area contributed by atoms with Gasteiger partial charge in [-0.05, 0) is 26.8 Å². The van der Waals surface area contributed by atoms with Crippen LogP contribution in [-0.4, -0.2) is 19.9 Å². The van der Waals surface area contributed by atoms with Crippen LogP contribution in [0.15, 0.2) is 12.1 Å². The summed E-state index contributed by atoms with van der Waals surface area (Å²) in [6.45, 7) is 9.62. The SMILES string of the molecule is Cc1c[c-]nc(C)n1.Cc1cc(C)nc(C)n1.[Y]. The maximum Gasteiger partial charge on any atom is 0.125 e. The van der Waals surface area contributed by atoms with Gasteiger partial charge in [-0.25, -0.2) is 9.97 Å². The Kier molecular flexibility index (Phi) is 8.04. The molecule has 5 heteroatoms. The van der Waals surface area contributed by atoms with Crippen LogP contribution in [0.25, 0.3) is 0 Å². The van der Waals surface area contributed by atoms with E-state index in [1.165, 1.54) is 0 Å². The van der Waals surface area contributed by atoms with Crippen LogP contribution in [0.2, 0.25) is 0 Å². The van der Waals surface area contributed by atoms with Crippen molar-refractivity contribution in [3.8, 4) is 0 Å². The van der Waals surface area contributed by atoms with E-state index in [0.717, 1.165) is 28.7 Å². The Labute approximate surface area is 134 Å².